The highest BCUT2D eigenvalue weighted by Crippen LogP contribution is 2.39. The normalized spacial score (nSPS) is 19.9. The molecule has 1 N–H and O–H groups in total. The second kappa shape index (κ2) is 11.1. The molecule has 1 atom stereocenters. The first kappa shape index (κ1) is 25.1. The lowest BCUT2D eigenvalue weighted by Gasteiger charge is -2.31. The van der Waals surface area contributed by atoms with Crippen LogP contribution >= 0.6 is 0 Å². The summed E-state index contributed by atoms with van der Waals surface area (Å²) in [5.74, 6) is -1.28. The van der Waals surface area contributed by atoms with Crippen LogP contribution in [0.15, 0.2) is 66.8 Å². The highest BCUT2D eigenvalue weighted by molar-refractivity contribution is 6.46. The van der Waals surface area contributed by atoms with Gasteiger partial charge in [-0.2, -0.15) is 0 Å². The molecule has 2 aromatic rings. The third-order valence-electron chi connectivity index (χ3n) is 6.22. The molecule has 0 bridgehead atoms. The van der Waals surface area contributed by atoms with Crippen molar-refractivity contribution in [2.24, 2.45) is 0 Å². The quantitative estimate of drug-likeness (QED) is 0.141. The van der Waals surface area contributed by atoms with Crippen molar-refractivity contribution >= 4 is 23.1 Å². The van der Waals surface area contributed by atoms with Crippen LogP contribution in [0.1, 0.15) is 17.2 Å². The average molecular weight is 494 g/mol. The van der Waals surface area contributed by atoms with Gasteiger partial charge in [0.15, 0.2) is 0 Å². The van der Waals surface area contributed by atoms with E-state index in [1.165, 1.54) is 29.2 Å². The van der Waals surface area contributed by atoms with Crippen molar-refractivity contribution in [3.05, 3.63) is 88.0 Å². The zero-order chi connectivity index (χ0) is 25.7. The Balaban J connectivity index is 1.70. The molecule has 0 saturated carbocycles. The topological polar surface area (TPSA) is 122 Å². The molecule has 0 spiro atoms. The fraction of sp³-hybridized carbons (Fsp3) is 0.308. The third-order valence-corrected chi connectivity index (χ3v) is 6.22. The predicted molar refractivity (Wildman–Crippen MR) is 131 cm³/mol. The number of non-ortho nitro benzene ring substituents is 1. The summed E-state index contributed by atoms with van der Waals surface area (Å²) in [7, 11) is 0. The van der Waals surface area contributed by atoms with Crippen molar-refractivity contribution < 1.29 is 29.1 Å². The van der Waals surface area contributed by atoms with Crippen LogP contribution in [0, 0.1) is 10.1 Å². The maximum absolute atomic E-state index is 13.2. The molecule has 0 aliphatic carbocycles. The molecule has 2 fully saturated rings. The molecule has 0 aromatic heterocycles. The largest absolute Gasteiger partial charge is 0.507 e. The van der Waals surface area contributed by atoms with Crippen molar-refractivity contribution in [1.82, 2.24) is 9.80 Å². The molecule has 2 aliphatic heterocycles. The third kappa shape index (κ3) is 5.29. The summed E-state index contributed by atoms with van der Waals surface area (Å²) in [4.78, 5) is 40.4. The zero-order valence-electron chi connectivity index (χ0n) is 19.7. The average Bonchev–Trinajstić information content (AvgIpc) is 3.16. The molecule has 1 amide bonds. The van der Waals surface area contributed by atoms with Gasteiger partial charge >= 0.3 is 0 Å². The minimum Gasteiger partial charge on any atom is -0.507 e. The Hall–Kier alpha value is -4.02. The molecule has 2 heterocycles. The van der Waals surface area contributed by atoms with Gasteiger partial charge in [-0.1, -0.05) is 12.7 Å². The first-order chi connectivity index (χ1) is 17.4. The number of carbonyl (C=O) groups is 2. The molecule has 10 nitrogen and oxygen atoms in total. The van der Waals surface area contributed by atoms with E-state index < -0.39 is 22.7 Å². The number of rotatable bonds is 9. The first-order valence-electron chi connectivity index (χ1n) is 11.6. The van der Waals surface area contributed by atoms with Gasteiger partial charge < -0.3 is 19.5 Å². The minimum atomic E-state index is -0.886. The Labute approximate surface area is 208 Å². The van der Waals surface area contributed by atoms with Gasteiger partial charge in [-0.3, -0.25) is 24.6 Å². The summed E-state index contributed by atoms with van der Waals surface area (Å²) in [6.45, 7) is 7.31. The summed E-state index contributed by atoms with van der Waals surface area (Å²) in [6.07, 6.45) is 1.61. The molecule has 36 heavy (non-hydrogen) atoms. The SMILES string of the molecule is C=CCOc1ccc(/C(O)=C2/C(=O)C(=O)N(CCN3CCOCC3)C2c2ccc([N+](=O)[O-])cc2)cc1. The van der Waals surface area contributed by atoms with Crippen LogP contribution in [-0.2, 0) is 14.3 Å². The Bertz CT molecular complexity index is 1170. The van der Waals surface area contributed by atoms with E-state index in [9.17, 15) is 24.8 Å². The zero-order valence-corrected chi connectivity index (χ0v) is 19.7. The van der Waals surface area contributed by atoms with E-state index in [0.717, 1.165) is 0 Å². The number of benzene rings is 2. The molecule has 2 aliphatic rings. The number of nitrogens with zero attached hydrogens (tertiary/aromatic N) is 3. The number of ketones is 1. The molecular weight excluding hydrogens is 466 g/mol. The van der Waals surface area contributed by atoms with Gasteiger partial charge in [-0.25, -0.2) is 0 Å². The minimum absolute atomic E-state index is 0.0596. The molecule has 2 saturated heterocycles. The van der Waals surface area contributed by atoms with Gasteiger partial charge in [0.2, 0.25) is 0 Å². The van der Waals surface area contributed by atoms with E-state index in [0.29, 0.717) is 56.3 Å². The summed E-state index contributed by atoms with van der Waals surface area (Å²) in [5, 5.41) is 22.3. The number of nitro benzene ring substituents is 1. The number of amides is 1. The van der Waals surface area contributed by atoms with Crippen LogP contribution in [0.5, 0.6) is 5.75 Å². The van der Waals surface area contributed by atoms with Crippen LogP contribution in [0.2, 0.25) is 0 Å². The summed E-state index contributed by atoms with van der Waals surface area (Å²) in [6, 6.07) is 11.3. The molecule has 4 rings (SSSR count). The fourth-order valence-electron chi connectivity index (χ4n) is 4.33. The van der Waals surface area contributed by atoms with Gasteiger partial charge in [0.25, 0.3) is 17.4 Å². The number of aliphatic hydroxyl groups is 1. The molecule has 0 radical (unpaired) electrons. The number of morpholine rings is 1. The van der Waals surface area contributed by atoms with E-state index in [1.54, 1.807) is 30.3 Å². The Morgan fingerprint density at radius 2 is 1.78 bits per heavy atom. The van der Waals surface area contributed by atoms with Crippen molar-refractivity contribution in [2.45, 2.75) is 6.04 Å². The number of likely N-dealkylation sites (tertiary alicyclic amines) is 1. The number of Topliss-reactive ketones (excluding diaryl/α,β-unsaturated/α-hetero) is 1. The number of hydrogen-bond acceptors (Lipinski definition) is 8. The van der Waals surface area contributed by atoms with E-state index in [4.69, 9.17) is 9.47 Å². The van der Waals surface area contributed by atoms with Gasteiger partial charge in [0.05, 0.1) is 29.8 Å². The number of carbonyl (C=O) groups excluding carboxylic acids is 2. The highest BCUT2D eigenvalue weighted by Gasteiger charge is 2.46. The van der Waals surface area contributed by atoms with E-state index in [2.05, 4.69) is 11.5 Å². The van der Waals surface area contributed by atoms with Crippen LogP contribution in [0.3, 0.4) is 0 Å². The van der Waals surface area contributed by atoms with Crippen molar-refractivity contribution in [2.75, 3.05) is 46.0 Å². The van der Waals surface area contributed by atoms with Crippen molar-refractivity contribution in [3.8, 4) is 5.75 Å². The predicted octanol–water partition coefficient (Wildman–Crippen LogP) is 2.91. The standard InChI is InChI=1S/C26H27N3O7/c1-2-15-36-21-9-5-19(6-10-21)24(30)22-23(18-3-7-20(8-4-18)29(33)34)28(26(32)25(22)31)12-11-27-13-16-35-17-14-27/h2-10,23,30H,1,11-17H2/b24-22-. The monoisotopic (exact) mass is 493 g/mol. The van der Waals surface area contributed by atoms with Crippen molar-refractivity contribution in [3.63, 3.8) is 0 Å². The molecule has 10 heteroatoms. The number of hydrogen-bond donors (Lipinski definition) is 1. The molecule has 1 unspecified atom stereocenters. The number of nitro groups is 1. The van der Waals surface area contributed by atoms with Crippen LogP contribution in [0.4, 0.5) is 5.69 Å². The van der Waals surface area contributed by atoms with Crippen molar-refractivity contribution in [1.29, 1.82) is 0 Å². The van der Waals surface area contributed by atoms with E-state index >= 15 is 0 Å². The van der Waals surface area contributed by atoms with Gasteiger partial charge in [0.1, 0.15) is 18.1 Å². The second-order valence-electron chi connectivity index (χ2n) is 8.42. The summed E-state index contributed by atoms with van der Waals surface area (Å²) >= 11 is 0. The van der Waals surface area contributed by atoms with Gasteiger partial charge in [-0.05, 0) is 42.0 Å². The van der Waals surface area contributed by atoms with Crippen LogP contribution in [0.25, 0.3) is 5.76 Å². The highest BCUT2D eigenvalue weighted by atomic mass is 16.6. The van der Waals surface area contributed by atoms with E-state index in [1.807, 2.05) is 0 Å². The summed E-state index contributed by atoms with van der Waals surface area (Å²) in [5.41, 5.74) is 0.669. The lowest BCUT2D eigenvalue weighted by molar-refractivity contribution is -0.384. The van der Waals surface area contributed by atoms with Gasteiger partial charge in [-0.15, -0.1) is 0 Å². The summed E-state index contributed by atoms with van der Waals surface area (Å²) < 4.78 is 10.8. The number of aliphatic hydroxyl groups excluding tert-OH is 1. The maximum Gasteiger partial charge on any atom is 0.295 e. The lowest BCUT2D eigenvalue weighted by atomic mass is 9.95. The first-order valence-corrected chi connectivity index (χ1v) is 11.6. The van der Waals surface area contributed by atoms with Crippen LogP contribution in [-0.4, -0.2) is 77.5 Å². The molecule has 188 valence electrons. The smallest absolute Gasteiger partial charge is 0.295 e. The maximum atomic E-state index is 13.2. The second-order valence-corrected chi connectivity index (χ2v) is 8.42. The lowest BCUT2D eigenvalue weighted by Crippen LogP contribution is -2.42. The molecule has 2 aromatic carbocycles. The molecular formula is C26H27N3O7. The van der Waals surface area contributed by atoms with Crippen LogP contribution < -0.4 is 4.74 Å². The Morgan fingerprint density at radius 3 is 2.39 bits per heavy atom. The number of ether oxygens (including phenoxy) is 2. The van der Waals surface area contributed by atoms with Gasteiger partial charge in [0, 0.05) is 43.9 Å². The Kier molecular flexibility index (Phi) is 7.77. The fourth-order valence-corrected chi connectivity index (χ4v) is 4.33. The Morgan fingerprint density at radius 1 is 1.11 bits per heavy atom. The van der Waals surface area contributed by atoms with E-state index in [-0.39, 0.29) is 23.6 Å².